The van der Waals surface area contributed by atoms with Crippen LogP contribution in [0.5, 0.6) is 0 Å². The Morgan fingerprint density at radius 2 is 1.26 bits per heavy atom. The monoisotopic (exact) mass is 297 g/mol. The molecule has 1 heterocycles. The predicted molar refractivity (Wildman–Crippen MR) is 96.9 cm³/mol. The zero-order chi connectivity index (χ0) is 15.5. The van der Waals surface area contributed by atoms with Gasteiger partial charge in [-0.3, -0.25) is 5.43 Å². The molecule has 0 spiro atoms. The summed E-state index contributed by atoms with van der Waals surface area (Å²) >= 11 is 0. The van der Waals surface area contributed by atoms with Crippen LogP contribution in [0, 0.1) is 0 Å². The number of anilines is 1. The van der Waals surface area contributed by atoms with E-state index in [0.717, 1.165) is 33.1 Å². The molecule has 0 saturated carbocycles. The molecule has 0 fully saturated rings. The van der Waals surface area contributed by atoms with Crippen LogP contribution in [0.25, 0.3) is 21.8 Å². The minimum Gasteiger partial charge on any atom is -0.279 e. The van der Waals surface area contributed by atoms with E-state index in [1.165, 1.54) is 0 Å². The highest BCUT2D eigenvalue weighted by Gasteiger charge is 2.06. The first-order chi connectivity index (χ1) is 11.4. The van der Waals surface area contributed by atoms with Gasteiger partial charge in [0.1, 0.15) is 0 Å². The standard InChI is InChI=1S/C20H15N3/c1-2-8-15(9-3-1)23-21-14-18-16-10-4-6-12-19(16)22-20-13-7-5-11-17(18)20/h1-14,23H. The Kier molecular flexibility index (Phi) is 3.45. The number of benzene rings is 3. The van der Waals surface area contributed by atoms with Crippen LogP contribution in [0.2, 0.25) is 0 Å². The molecule has 0 bridgehead atoms. The number of hydrogen-bond donors (Lipinski definition) is 1. The van der Waals surface area contributed by atoms with Gasteiger partial charge in [0.15, 0.2) is 0 Å². The zero-order valence-electron chi connectivity index (χ0n) is 12.5. The van der Waals surface area contributed by atoms with E-state index in [1.54, 1.807) is 0 Å². The van der Waals surface area contributed by atoms with E-state index in [1.807, 2.05) is 72.9 Å². The first kappa shape index (κ1) is 13.5. The number of nitrogens with one attached hydrogen (secondary N) is 1. The van der Waals surface area contributed by atoms with Crippen LogP contribution in [0.3, 0.4) is 0 Å². The lowest BCUT2D eigenvalue weighted by atomic mass is 10.0. The van der Waals surface area contributed by atoms with Crippen LogP contribution in [-0.2, 0) is 0 Å². The number of nitrogens with zero attached hydrogens (tertiary/aromatic N) is 2. The second kappa shape index (κ2) is 5.89. The van der Waals surface area contributed by atoms with Crippen molar-refractivity contribution in [2.75, 3.05) is 5.43 Å². The average molecular weight is 297 g/mol. The molecule has 4 rings (SSSR count). The van der Waals surface area contributed by atoms with Gasteiger partial charge in [0.25, 0.3) is 0 Å². The molecule has 1 aromatic heterocycles. The van der Waals surface area contributed by atoms with E-state index in [0.29, 0.717) is 0 Å². The fraction of sp³-hybridized carbons (Fsp3) is 0. The summed E-state index contributed by atoms with van der Waals surface area (Å²) < 4.78 is 0. The van der Waals surface area contributed by atoms with Crippen LogP contribution in [0.4, 0.5) is 5.69 Å². The van der Waals surface area contributed by atoms with E-state index in [-0.39, 0.29) is 0 Å². The van der Waals surface area contributed by atoms with E-state index in [4.69, 9.17) is 4.98 Å². The van der Waals surface area contributed by atoms with Crippen LogP contribution in [-0.4, -0.2) is 11.2 Å². The van der Waals surface area contributed by atoms with Gasteiger partial charge in [0.05, 0.1) is 22.9 Å². The summed E-state index contributed by atoms with van der Waals surface area (Å²) in [7, 11) is 0. The van der Waals surface area contributed by atoms with E-state index >= 15 is 0 Å². The summed E-state index contributed by atoms with van der Waals surface area (Å²) in [6, 6.07) is 26.2. The van der Waals surface area contributed by atoms with Crippen LogP contribution in [0.15, 0.2) is 84.0 Å². The minimum atomic E-state index is 0.964. The number of aromatic nitrogens is 1. The molecule has 0 saturated heterocycles. The fourth-order valence-corrected chi connectivity index (χ4v) is 2.70. The third-order valence-corrected chi connectivity index (χ3v) is 3.79. The molecule has 0 aliphatic carbocycles. The molecule has 3 nitrogen and oxygen atoms in total. The maximum atomic E-state index is 4.72. The maximum Gasteiger partial charge on any atom is 0.0716 e. The Bertz CT molecular complexity index is 937. The fourth-order valence-electron chi connectivity index (χ4n) is 2.70. The Morgan fingerprint density at radius 1 is 0.696 bits per heavy atom. The summed E-state index contributed by atoms with van der Waals surface area (Å²) in [5.41, 5.74) is 7.07. The Balaban J connectivity index is 1.83. The third-order valence-electron chi connectivity index (χ3n) is 3.79. The summed E-state index contributed by atoms with van der Waals surface area (Å²) in [4.78, 5) is 4.72. The second-order valence-corrected chi connectivity index (χ2v) is 5.30. The molecule has 0 unspecified atom stereocenters. The summed E-state index contributed by atoms with van der Waals surface area (Å²) in [6.45, 7) is 0. The summed E-state index contributed by atoms with van der Waals surface area (Å²) in [5.74, 6) is 0. The van der Waals surface area contributed by atoms with Crippen molar-refractivity contribution in [1.29, 1.82) is 0 Å². The Morgan fingerprint density at radius 3 is 1.91 bits per heavy atom. The van der Waals surface area contributed by atoms with Gasteiger partial charge in [0.2, 0.25) is 0 Å². The Labute approximate surface area is 134 Å². The first-order valence-corrected chi connectivity index (χ1v) is 7.53. The zero-order valence-corrected chi connectivity index (χ0v) is 12.5. The lowest BCUT2D eigenvalue weighted by Gasteiger charge is -2.07. The van der Waals surface area contributed by atoms with Gasteiger partial charge in [-0.1, -0.05) is 54.6 Å². The molecule has 0 aliphatic heterocycles. The smallest absolute Gasteiger partial charge is 0.0716 e. The predicted octanol–water partition coefficient (Wildman–Crippen LogP) is 4.83. The van der Waals surface area contributed by atoms with Gasteiger partial charge < -0.3 is 0 Å². The maximum absolute atomic E-state index is 4.72. The van der Waals surface area contributed by atoms with Crippen LogP contribution in [0.1, 0.15) is 5.56 Å². The van der Waals surface area contributed by atoms with Gasteiger partial charge in [-0.05, 0) is 24.3 Å². The molecule has 4 aromatic rings. The summed E-state index contributed by atoms with van der Waals surface area (Å²) in [6.07, 6.45) is 1.87. The highest BCUT2D eigenvalue weighted by molar-refractivity contribution is 6.10. The number of hydrogen-bond acceptors (Lipinski definition) is 3. The molecule has 23 heavy (non-hydrogen) atoms. The molecular weight excluding hydrogens is 282 g/mol. The molecule has 3 aromatic carbocycles. The number of hydrazone groups is 1. The van der Waals surface area contributed by atoms with Crippen molar-refractivity contribution in [1.82, 2.24) is 4.98 Å². The van der Waals surface area contributed by atoms with Crippen LogP contribution < -0.4 is 5.43 Å². The number of fused-ring (bicyclic) bond motifs is 2. The lowest BCUT2D eigenvalue weighted by molar-refractivity contribution is 1.35. The van der Waals surface area contributed by atoms with Gasteiger partial charge in [-0.25, -0.2) is 4.98 Å². The quantitative estimate of drug-likeness (QED) is 0.334. The van der Waals surface area contributed by atoms with Crippen molar-refractivity contribution in [3.63, 3.8) is 0 Å². The molecule has 0 atom stereocenters. The molecule has 0 aliphatic rings. The highest BCUT2D eigenvalue weighted by Crippen LogP contribution is 2.24. The van der Waals surface area contributed by atoms with E-state index in [9.17, 15) is 0 Å². The molecule has 0 radical (unpaired) electrons. The third kappa shape index (κ3) is 2.64. The second-order valence-electron chi connectivity index (χ2n) is 5.30. The number of pyridine rings is 1. The van der Waals surface area contributed by atoms with Crippen molar-refractivity contribution in [3.8, 4) is 0 Å². The van der Waals surface area contributed by atoms with Gasteiger partial charge in [0, 0.05) is 16.3 Å². The van der Waals surface area contributed by atoms with Crippen molar-refractivity contribution >= 4 is 33.7 Å². The minimum absolute atomic E-state index is 0.964. The SMILES string of the molecule is C(=NNc1ccccc1)c1c2ccccc2nc2ccccc12. The topological polar surface area (TPSA) is 37.3 Å². The van der Waals surface area contributed by atoms with Crippen molar-refractivity contribution in [3.05, 3.63) is 84.4 Å². The molecular formula is C20H15N3. The van der Waals surface area contributed by atoms with Crippen molar-refractivity contribution in [2.24, 2.45) is 5.10 Å². The number of rotatable bonds is 3. The Hall–Kier alpha value is -3.20. The van der Waals surface area contributed by atoms with Gasteiger partial charge in [-0.2, -0.15) is 5.10 Å². The molecule has 0 amide bonds. The molecule has 1 N–H and O–H groups in total. The van der Waals surface area contributed by atoms with Crippen molar-refractivity contribution in [2.45, 2.75) is 0 Å². The normalized spacial score (nSPS) is 11.3. The molecule has 3 heteroatoms. The van der Waals surface area contributed by atoms with Crippen molar-refractivity contribution < 1.29 is 0 Å². The van der Waals surface area contributed by atoms with Crippen LogP contribution >= 0.6 is 0 Å². The number of para-hydroxylation sites is 3. The average Bonchev–Trinajstić information content (AvgIpc) is 2.62. The van der Waals surface area contributed by atoms with Gasteiger partial charge >= 0.3 is 0 Å². The van der Waals surface area contributed by atoms with E-state index in [2.05, 4.69) is 22.7 Å². The largest absolute Gasteiger partial charge is 0.279 e. The van der Waals surface area contributed by atoms with E-state index < -0.39 is 0 Å². The lowest BCUT2D eigenvalue weighted by Crippen LogP contribution is -1.94. The van der Waals surface area contributed by atoms with Gasteiger partial charge in [-0.15, -0.1) is 0 Å². The highest BCUT2D eigenvalue weighted by atomic mass is 15.3. The molecule has 110 valence electrons. The first-order valence-electron chi connectivity index (χ1n) is 7.53. The summed E-state index contributed by atoms with van der Waals surface area (Å²) in [5, 5.41) is 6.61.